The summed E-state index contributed by atoms with van der Waals surface area (Å²) in [6, 6.07) is 13.5. The normalized spacial score (nSPS) is 10.0. The molecule has 3 nitrogen and oxygen atoms in total. The van der Waals surface area contributed by atoms with Crippen molar-refractivity contribution >= 4 is 22.6 Å². The standard InChI is InChI=1S/C13H12INO2/c1-16-13-8-4-5-10(15-13)9-17-12-7-3-2-6-11(12)14/h2-8H,9H2,1H3. The van der Waals surface area contributed by atoms with Crippen LogP contribution in [0.2, 0.25) is 0 Å². The maximum absolute atomic E-state index is 5.70. The Balaban J connectivity index is 2.05. The molecule has 0 aliphatic carbocycles. The Labute approximate surface area is 114 Å². The number of hydrogen-bond donors (Lipinski definition) is 0. The molecule has 0 radical (unpaired) electrons. The molecule has 4 heteroatoms. The molecule has 0 amide bonds. The van der Waals surface area contributed by atoms with E-state index < -0.39 is 0 Å². The molecule has 0 saturated carbocycles. The fraction of sp³-hybridized carbons (Fsp3) is 0.154. The van der Waals surface area contributed by atoms with Crippen LogP contribution in [-0.4, -0.2) is 12.1 Å². The van der Waals surface area contributed by atoms with Crippen LogP contribution in [0.1, 0.15) is 5.69 Å². The van der Waals surface area contributed by atoms with E-state index in [-0.39, 0.29) is 0 Å². The predicted octanol–water partition coefficient (Wildman–Crippen LogP) is 3.27. The van der Waals surface area contributed by atoms with E-state index in [0.29, 0.717) is 12.5 Å². The molecule has 0 spiro atoms. The zero-order chi connectivity index (χ0) is 12.1. The molecule has 0 atom stereocenters. The van der Waals surface area contributed by atoms with Gasteiger partial charge in [-0.1, -0.05) is 18.2 Å². The third-order valence-corrected chi connectivity index (χ3v) is 3.09. The number of methoxy groups -OCH3 is 1. The zero-order valence-electron chi connectivity index (χ0n) is 9.39. The Morgan fingerprint density at radius 2 is 1.94 bits per heavy atom. The largest absolute Gasteiger partial charge is 0.486 e. The molecule has 2 rings (SSSR count). The molecule has 88 valence electrons. The number of nitrogens with zero attached hydrogens (tertiary/aromatic N) is 1. The van der Waals surface area contributed by atoms with Crippen LogP contribution in [0.5, 0.6) is 11.6 Å². The zero-order valence-corrected chi connectivity index (χ0v) is 11.5. The van der Waals surface area contributed by atoms with Crippen LogP contribution in [-0.2, 0) is 6.61 Å². The van der Waals surface area contributed by atoms with Crippen LogP contribution in [0.25, 0.3) is 0 Å². The van der Waals surface area contributed by atoms with Gasteiger partial charge in [0.25, 0.3) is 0 Å². The molecular weight excluding hydrogens is 329 g/mol. The lowest BCUT2D eigenvalue weighted by Crippen LogP contribution is -2.00. The summed E-state index contributed by atoms with van der Waals surface area (Å²) in [4.78, 5) is 4.29. The number of ether oxygens (including phenoxy) is 2. The van der Waals surface area contributed by atoms with E-state index in [9.17, 15) is 0 Å². The van der Waals surface area contributed by atoms with Gasteiger partial charge in [0.1, 0.15) is 12.4 Å². The number of hydrogen-bond acceptors (Lipinski definition) is 3. The molecule has 17 heavy (non-hydrogen) atoms. The second-order valence-electron chi connectivity index (χ2n) is 3.39. The van der Waals surface area contributed by atoms with Gasteiger partial charge >= 0.3 is 0 Å². The van der Waals surface area contributed by atoms with Gasteiger partial charge in [0.15, 0.2) is 0 Å². The molecule has 0 aliphatic heterocycles. The Morgan fingerprint density at radius 1 is 1.12 bits per heavy atom. The fourth-order valence-corrected chi connectivity index (χ4v) is 1.91. The lowest BCUT2D eigenvalue weighted by atomic mass is 10.3. The van der Waals surface area contributed by atoms with E-state index in [1.54, 1.807) is 7.11 Å². The van der Waals surface area contributed by atoms with E-state index in [4.69, 9.17) is 9.47 Å². The van der Waals surface area contributed by atoms with Crippen molar-refractivity contribution in [3.8, 4) is 11.6 Å². The molecule has 0 fully saturated rings. The molecule has 0 bridgehead atoms. The monoisotopic (exact) mass is 341 g/mol. The average Bonchev–Trinajstić information content (AvgIpc) is 2.38. The van der Waals surface area contributed by atoms with Crippen molar-refractivity contribution in [2.45, 2.75) is 6.61 Å². The SMILES string of the molecule is COc1cccc(COc2ccccc2I)n1. The Bertz CT molecular complexity index is 502. The minimum Gasteiger partial charge on any atom is -0.486 e. The predicted molar refractivity (Wildman–Crippen MR) is 74.3 cm³/mol. The molecular formula is C13H12INO2. The lowest BCUT2D eigenvalue weighted by molar-refractivity contribution is 0.296. The third kappa shape index (κ3) is 3.33. The van der Waals surface area contributed by atoms with Crippen LogP contribution < -0.4 is 9.47 Å². The number of para-hydroxylation sites is 1. The van der Waals surface area contributed by atoms with Crippen molar-refractivity contribution in [3.63, 3.8) is 0 Å². The molecule has 1 heterocycles. The highest BCUT2D eigenvalue weighted by atomic mass is 127. The minimum absolute atomic E-state index is 0.442. The summed E-state index contributed by atoms with van der Waals surface area (Å²) in [5, 5.41) is 0. The molecule has 0 aliphatic rings. The van der Waals surface area contributed by atoms with Gasteiger partial charge in [-0.15, -0.1) is 0 Å². The van der Waals surface area contributed by atoms with Crippen molar-refractivity contribution in [3.05, 3.63) is 51.7 Å². The first-order chi connectivity index (χ1) is 8.29. The number of pyridine rings is 1. The lowest BCUT2D eigenvalue weighted by Gasteiger charge is -2.08. The molecule has 0 saturated heterocycles. The average molecular weight is 341 g/mol. The van der Waals surface area contributed by atoms with E-state index >= 15 is 0 Å². The van der Waals surface area contributed by atoms with Crippen LogP contribution >= 0.6 is 22.6 Å². The first-order valence-corrected chi connectivity index (χ1v) is 6.25. The summed E-state index contributed by atoms with van der Waals surface area (Å²) in [6.07, 6.45) is 0. The van der Waals surface area contributed by atoms with Gasteiger partial charge in [-0.25, -0.2) is 4.98 Å². The van der Waals surface area contributed by atoms with Gasteiger partial charge < -0.3 is 9.47 Å². The van der Waals surface area contributed by atoms with Gasteiger partial charge in [0.2, 0.25) is 5.88 Å². The number of aromatic nitrogens is 1. The van der Waals surface area contributed by atoms with Crippen LogP contribution in [0.4, 0.5) is 0 Å². The summed E-state index contributed by atoms with van der Waals surface area (Å²) < 4.78 is 11.8. The van der Waals surface area contributed by atoms with E-state index in [1.807, 2.05) is 42.5 Å². The molecule has 2 aromatic rings. The van der Waals surface area contributed by atoms with Crippen molar-refractivity contribution in [1.29, 1.82) is 0 Å². The van der Waals surface area contributed by atoms with Crippen molar-refractivity contribution in [2.24, 2.45) is 0 Å². The smallest absolute Gasteiger partial charge is 0.213 e. The van der Waals surface area contributed by atoms with Crippen molar-refractivity contribution in [2.75, 3.05) is 7.11 Å². The van der Waals surface area contributed by atoms with Gasteiger partial charge in [-0.05, 0) is 40.8 Å². The van der Waals surface area contributed by atoms with E-state index in [0.717, 1.165) is 15.0 Å². The molecule has 1 aromatic carbocycles. The highest BCUT2D eigenvalue weighted by Crippen LogP contribution is 2.20. The first kappa shape index (κ1) is 12.2. The summed E-state index contributed by atoms with van der Waals surface area (Å²) in [7, 11) is 1.60. The highest BCUT2D eigenvalue weighted by molar-refractivity contribution is 14.1. The quantitative estimate of drug-likeness (QED) is 0.800. The molecule has 0 N–H and O–H groups in total. The second-order valence-corrected chi connectivity index (χ2v) is 4.55. The van der Waals surface area contributed by atoms with Crippen molar-refractivity contribution in [1.82, 2.24) is 4.98 Å². The highest BCUT2D eigenvalue weighted by Gasteiger charge is 2.01. The van der Waals surface area contributed by atoms with E-state index in [1.165, 1.54) is 0 Å². The van der Waals surface area contributed by atoms with Crippen LogP contribution in [0.15, 0.2) is 42.5 Å². The van der Waals surface area contributed by atoms with Gasteiger partial charge in [-0.3, -0.25) is 0 Å². The summed E-state index contributed by atoms with van der Waals surface area (Å²) in [5.74, 6) is 1.48. The van der Waals surface area contributed by atoms with Crippen LogP contribution in [0, 0.1) is 3.57 Å². The first-order valence-electron chi connectivity index (χ1n) is 5.17. The van der Waals surface area contributed by atoms with Gasteiger partial charge in [0.05, 0.1) is 16.4 Å². The summed E-state index contributed by atoms with van der Waals surface area (Å²) >= 11 is 2.25. The number of benzene rings is 1. The van der Waals surface area contributed by atoms with Gasteiger partial charge in [-0.2, -0.15) is 0 Å². The fourth-order valence-electron chi connectivity index (χ4n) is 1.37. The minimum atomic E-state index is 0.442. The van der Waals surface area contributed by atoms with E-state index in [2.05, 4.69) is 27.6 Å². The maximum Gasteiger partial charge on any atom is 0.213 e. The van der Waals surface area contributed by atoms with Crippen LogP contribution in [0.3, 0.4) is 0 Å². The second kappa shape index (κ2) is 5.86. The van der Waals surface area contributed by atoms with Crippen molar-refractivity contribution < 1.29 is 9.47 Å². The Morgan fingerprint density at radius 3 is 2.71 bits per heavy atom. The third-order valence-electron chi connectivity index (χ3n) is 2.20. The number of halogens is 1. The number of rotatable bonds is 4. The summed E-state index contributed by atoms with van der Waals surface area (Å²) in [5.41, 5.74) is 0.851. The maximum atomic E-state index is 5.70. The molecule has 1 aromatic heterocycles. The topological polar surface area (TPSA) is 31.4 Å². The summed E-state index contributed by atoms with van der Waals surface area (Å²) in [6.45, 7) is 0.442. The molecule has 0 unspecified atom stereocenters. The Kier molecular flexibility index (Phi) is 4.19. The van der Waals surface area contributed by atoms with Gasteiger partial charge in [0, 0.05) is 6.07 Å². The Hall–Kier alpha value is -1.30.